The molecule has 0 bridgehead atoms. The molecule has 2 N–H and O–H groups in total. The van der Waals surface area contributed by atoms with Gasteiger partial charge in [0.25, 0.3) is 16.6 Å². The van der Waals surface area contributed by atoms with Crippen LogP contribution < -0.4 is 20.7 Å². The van der Waals surface area contributed by atoms with Crippen molar-refractivity contribution in [1.82, 2.24) is 0 Å². The van der Waals surface area contributed by atoms with E-state index in [1.54, 1.807) is 0 Å². The van der Waals surface area contributed by atoms with Crippen molar-refractivity contribution < 1.29 is 28.5 Å². The lowest BCUT2D eigenvalue weighted by Crippen LogP contribution is -2.75. The smallest absolute Gasteiger partial charge is 0.261 e. The molecule has 0 amide bonds. The first-order chi connectivity index (χ1) is 23.1. The molecule has 49 heavy (non-hydrogen) atoms. The maximum absolute atomic E-state index is 12.3. The minimum Gasteiger partial charge on any atom is -0.399 e. The second kappa shape index (κ2) is 13.3. The topological polar surface area (TPSA) is 77.4 Å². The van der Waals surface area contributed by atoms with E-state index in [1.165, 1.54) is 0 Å². The van der Waals surface area contributed by atoms with Gasteiger partial charge in [0.15, 0.2) is 5.79 Å². The summed E-state index contributed by atoms with van der Waals surface area (Å²) in [5.74, 6) is -1.00. The molecule has 2 aliphatic rings. The van der Waals surface area contributed by atoms with Crippen molar-refractivity contribution in [3.05, 3.63) is 121 Å². The first-order valence-electron chi connectivity index (χ1n) is 17.4. The first kappa shape index (κ1) is 35.9. The molecule has 1 saturated carbocycles. The molecule has 0 aromatic heterocycles. The largest absolute Gasteiger partial charge is 0.399 e. The Balaban J connectivity index is 1.49. The molecule has 1 aliphatic heterocycles. The van der Waals surface area contributed by atoms with Crippen LogP contribution in [0.15, 0.2) is 121 Å². The van der Waals surface area contributed by atoms with Crippen LogP contribution in [0, 0.1) is 0 Å². The van der Waals surface area contributed by atoms with E-state index in [-0.39, 0.29) is 10.1 Å². The van der Waals surface area contributed by atoms with E-state index in [9.17, 15) is 10.2 Å². The Morgan fingerprint density at radius 2 is 0.735 bits per heavy atom. The van der Waals surface area contributed by atoms with Crippen molar-refractivity contribution in [2.24, 2.45) is 0 Å². The number of aliphatic hydroxyl groups is 2. The van der Waals surface area contributed by atoms with Crippen LogP contribution in [0.4, 0.5) is 0 Å². The molecule has 4 aromatic rings. The maximum atomic E-state index is 12.3. The molecule has 8 heteroatoms. The van der Waals surface area contributed by atoms with Crippen molar-refractivity contribution >= 4 is 37.4 Å². The van der Waals surface area contributed by atoms with E-state index >= 15 is 0 Å². The highest BCUT2D eigenvalue weighted by Gasteiger charge is 2.64. The SMILES string of the molecule is CC1(C)O[C@H]2[C@H](O1)[C@@H](O[Si](c1ccccc1)(c1ccccc1)C(C)(C)C)[C@H](O)[C@@H](O)[C@@H]2O[Si](c1ccccc1)(c1ccccc1)C(C)(C)C. The molecular formula is C41H52O6Si2. The van der Waals surface area contributed by atoms with Crippen LogP contribution in [0.2, 0.25) is 10.1 Å². The Bertz CT molecular complexity index is 1470. The normalized spacial score (nSPS) is 25.9. The number of aliphatic hydroxyl groups excluding tert-OH is 2. The van der Waals surface area contributed by atoms with Crippen LogP contribution in [0.3, 0.4) is 0 Å². The number of fused-ring (bicyclic) bond motifs is 1. The lowest BCUT2D eigenvalue weighted by atomic mass is 9.85. The number of benzene rings is 4. The minimum atomic E-state index is -3.16. The first-order valence-corrected chi connectivity index (χ1v) is 21.2. The van der Waals surface area contributed by atoms with Gasteiger partial charge in [-0.15, -0.1) is 0 Å². The van der Waals surface area contributed by atoms with Crippen molar-refractivity contribution in [2.45, 2.75) is 108 Å². The molecule has 1 heterocycles. The second-order valence-electron chi connectivity index (χ2n) is 16.0. The van der Waals surface area contributed by atoms with Crippen LogP contribution >= 0.6 is 0 Å². The summed E-state index contributed by atoms with van der Waals surface area (Å²) in [6, 6.07) is 41.3. The van der Waals surface area contributed by atoms with Gasteiger partial charge in [-0.05, 0) is 44.7 Å². The minimum absolute atomic E-state index is 0.354. The predicted molar refractivity (Wildman–Crippen MR) is 201 cm³/mol. The zero-order valence-electron chi connectivity index (χ0n) is 30.0. The summed E-state index contributed by atoms with van der Waals surface area (Å²) in [7, 11) is -6.31. The monoisotopic (exact) mass is 696 g/mol. The van der Waals surface area contributed by atoms with E-state index < -0.39 is 59.0 Å². The molecular weight excluding hydrogens is 645 g/mol. The lowest BCUT2D eigenvalue weighted by Gasteiger charge is -2.53. The van der Waals surface area contributed by atoms with Crippen LogP contribution in [0.25, 0.3) is 0 Å². The summed E-state index contributed by atoms with van der Waals surface area (Å²) in [5, 5.41) is 28.3. The van der Waals surface area contributed by atoms with Gasteiger partial charge in [-0.3, -0.25) is 0 Å². The summed E-state index contributed by atoms with van der Waals surface area (Å²) in [6.07, 6.45) is -5.84. The van der Waals surface area contributed by atoms with Crippen molar-refractivity contribution in [3.8, 4) is 0 Å². The van der Waals surface area contributed by atoms with Gasteiger partial charge in [0.05, 0.1) is 0 Å². The fourth-order valence-electron chi connectivity index (χ4n) is 8.17. The van der Waals surface area contributed by atoms with Gasteiger partial charge in [0.1, 0.15) is 36.6 Å². The van der Waals surface area contributed by atoms with Gasteiger partial charge in [0.2, 0.25) is 0 Å². The molecule has 6 rings (SSSR count). The zero-order valence-corrected chi connectivity index (χ0v) is 32.0. The fourth-order valence-corrected chi connectivity index (χ4v) is 17.6. The van der Waals surface area contributed by atoms with Crippen molar-refractivity contribution in [1.29, 1.82) is 0 Å². The molecule has 4 aromatic carbocycles. The molecule has 0 spiro atoms. The second-order valence-corrected chi connectivity index (χ2v) is 24.5. The van der Waals surface area contributed by atoms with Gasteiger partial charge in [-0.2, -0.15) is 0 Å². The number of hydrogen-bond donors (Lipinski definition) is 2. The van der Waals surface area contributed by atoms with Gasteiger partial charge in [-0.25, -0.2) is 0 Å². The van der Waals surface area contributed by atoms with Crippen molar-refractivity contribution in [3.63, 3.8) is 0 Å². The number of rotatable bonds is 8. The van der Waals surface area contributed by atoms with E-state index in [1.807, 2.05) is 86.6 Å². The highest BCUT2D eigenvalue weighted by molar-refractivity contribution is 7.00. The zero-order chi connectivity index (χ0) is 35.2. The van der Waals surface area contributed by atoms with Gasteiger partial charge < -0.3 is 28.5 Å². The summed E-state index contributed by atoms with van der Waals surface area (Å²) in [6.45, 7) is 17.0. The molecule has 2 fully saturated rings. The van der Waals surface area contributed by atoms with Gasteiger partial charge in [-0.1, -0.05) is 163 Å². The standard InChI is InChI=1S/C41H52O6Si2/c1-39(2,3)48(29-21-13-9-14-22-29,30-23-15-10-16-24-30)46-35-33(42)34(43)36(38-37(35)44-41(7,8)45-38)47-49(40(4,5)6,31-25-17-11-18-26-31)32-27-19-12-20-28-32/h9-28,33-38,42-43H,1-8H3/t33-,34-,35+,36+,37-,38-/m1/s1. The van der Waals surface area contributed by atoms with E-state index in [4.69, 9.17) is 18.3 Å². The van der Waals surface area contributed by atoms with Crippen LogP contribution in [0.5, 0.6) is 0 Å². The Morgan fingerprint density at radius 3 is 0.959 bits per heavy atom. The third-order valence-corrected chi connectivity index (χ3v) is 20.4. The molecule has 6 atom stereocenters. The Labute approximate surface area is 294 Å². The summed E-state index contributed by atoms with van der Waals surface area (Å²) >= 11 is 0. The summed E-state index contributed by atoms with van der Waals surface area (Å²) < 4.78 is 28.4. The van der Waals surface area contributed by atoms with E-state index in [0.717, 1.165) is 20.7 Å². The Kier molecular flexibility index (Phi) is 9.76. The van der Waals surface area contributed by atoms with Crippen LogP contribution in [-0.4, -0.2) is 69.3 Å². The van der Waals surface area contributed by atoms with Crippen molar-refractivity contribution in [2.75, 3.05) is 0 Å². The molecule has 0 unspecified atom stereocenters. The lowest BCUT2D eigenvalue weighted by molar-refractivity contribution is -0.182. The molecule has 260 valence electrons. The van der Waals surface area contributed by atoms with Crippen LogP contribution in [-0.2, 0) is 18.3 Å². The van der Waals surface area contributed by atoms with Gasteiger partial charge in [0, 0.05) is 0 Å². The van der Waals surface area contributed by atoms with Gasteiger partial charge >= 0.3 is 0 Å². The number of ether oxygens (including phenoxy) is 2. The third kappa shape index (κ3) is 6.32. The Hall–Kier alpha value is -2.93. The van der Waals surface area contributed by atoms with E-state index in [0.29, 0.717) is 0 Å². The van der Waals surface area contributed by atoms with Crippen LogP contribution in [0.1, 0.15) is 55.4 Å². The highest BCUT2D eigenvalue weighted by Crippen LogP contribution is 2.46. The summed E-state index contributed by atoms with van der Waals surface area (Å²) in [4.78, 5) is 0. The quantitative estimate of drug-likeness (QED) is 0.249. The average Bonchev–Trinajstić information content (AvgIpc) is 3.40. The Morgan fingerprint density at radius 1 is 0.490 bits per heavy atom. The predicted octanol–water partition coefficient (Wildman–Crippen LogP) is 5.13. The fraction of sp³-hybridized carbons (Fsp3) is 0.415. The maximum Gasteiger partial charge on any atom is 0.261 e. The highest BCUT2D eigenvalue weighted by atomic mass is 28.4. The summed E-state index contributed by atoms with van der Waals surface area (Å²) in [5.41, 5.74) is 0. The number of hydrogen-bond acceptors (Lipinski definition) is 6. The molecule has 1 aliphatic carbocycles. The average molecular weight is 697 g/mol. The molecule has 0 radical (unpaired) electrons. The third-order valence-electron chi connectivity index (χ3n) is 10.3. The van der Waals surface area contributed by atoms with E-state index in [2.05, 4.69) is 90.1 Å². The molecule has 6 nitrogen and oxygen atoms in total. The molecule has 1 saturated heterocycles.